The maximum Gasteiger partial charge on any atom is 0.194 e. The Hall–Kier alpha value is -1.52. The van der Waals surface area contributed by atoms with Crippen molar-refractivity contribution in [3.63, 3.8) is 0 Å². The SMILES string of the molecule is CCNC(=NCc1nccn1CC(C)C)N1CCC(C)(C)C1. The van der Waals surface area contributed by atoms with Crippen LogP contribution in [-0.4, -0.2) is 40.0 Å². The summed E-state index contributed by atoms with van der Waals surface area (Å²) in [6.07, 6.45) is 5.15. The minimum absolute atomic E-state index is 0.381. The summed E-state index contributed by atoms with van der Waals surface area (Å²) in [7, 11) is 0. The Bertz CT molecular complexity index is 501. The lowest BCUT2D eigenvalue weighted by Gasteiger charge is -2.23. The number of imidazole rings is 1. The molecule has 1 aliphatic heterocycles. The first kappa shape index (κ1) is 16.8. The molecule has 1 aliphatic rings. The van der Waals surface area contributed by atoms with Crippen LogP contribution in [0.5, 0.6) is 0 Å². The number of guanidine groups is 1. The Morgan fingerprint density at radius 1 is 1.45 bits per heavy atom. The lowest BCUT2D eigenvalue weighted by molar-refractivity contribution is 0.370. The monoisotopic (exact) mass is 305 g/mol. The molecule has 5 heteroatoms. The Kier molecular flexibility index (Phi) is 5.48. The minimum Gasteiger partial charge on any atom is -0.357 e. The number of hydrogen-bond donors (Lipinski definition) is 1. The molecular formula is C17H31N5. The molecule has 0 spiro atoms. The van der Waals surface area contributed by atoms with Crippen molar-refractivity contribution in [1.82, 2.24) is 19.8 Å². The molecular weight excluding hydrogens is 274 g/mol. The third-order valence-electron chi connectivity index (χ3n) is 4.05. The van der Waals surface area contributed by atoms with Gasteiger partial charge in [0.25, 0.3) is 0 Å². The van der Waals surface area contributed by atoms with Gasteiger partial charge in [-0.2, -0.15) is 0 Å². The average Bonchev–Trinajstić information content (AvgIpc) is 3.00. The molecule has 22 heavy (non-hydrogen) atoms. The molecule has 0 radical (unpaired) electrons. The first-order chi connectivity index (χ1) is 10.4. The number of aliphatic imine (C=N–C) groups is 1. The van der Waals surface area contributed by atoms with Crippen molar-refractivity contribution in [3.8, 4) is 0 Å². The molecule has 0 saturated carbocycles. The standard InChI is InChI=1S/C17H31N5/c1-6-18-16(22-9-7-17(4,5)13-22)20-11-15-19-8-10-21(15)12-14(2)3/h8,10,14H,6-7,9,11-13H2,1-5H3,(H,18,20). The molecule has 0 atom stereocenters. The van der Waals surface area contributed by atoms with E-state index in [-0.39, 0.29) is 0 Å². The van der Waals surface area contributed by atoms with Gasteiger partial charge in [0.1, 0.15) is 12.4 Å². The molecule has 2 rings (SSSR count). The predicted molar refractivity (Wildman–Crippen MR) is 91.9 cm³/mol. The number of nitrogens with zero attached hydrogens (tertiary/aromatic N) is 4. The van der Waals surface area contributed by atoms with Gasteiger partial charge in [0.05, 0.1) is 0 Å². The molecule has 0 aliphatic carbocycles. The van der Waals surface area contributed by atoms with Gasteiger partial charge < -0.3 is 14.8 Å². The van der Waals surface area contributed by atoms with Gasteiger partial charge in [-0.25, -0.2) is 9.98 Å². The molecule has 1 aromatic rings. The maximum atomic E-state index is 4.82. The van der Waals surface area contributed by atoms with Crippen LogP contribution in [0.15, 0.2) is 17.4 Å². The van der Waals surface area contributed by atoms with Crippen molar-refractivity contribution in [3.05, 3.63) is 18.2 Å². The van der Waals surface area contributed by atoms with E-state index in [9.17, 15) is 0 Å². The largest absolute Gasteiger partial charge is 0.357 e. The second-order valence-corrected chi connectivity index (χ2v) is 7.40. The van der Waals surface area contributed by atoms with Gasteiger partial charge in [0.15, 0.2) is 5.96 Å². The molecule has 1 saturated heterocycles. The topological polar surface area (TPSA) is 45.5 Å². The lowest BCUT2D eigenvalue weighted by Crippen LogP contribution is -2.40. The second kappa shape index (κ2) is 7.16. The Morgan fingerprint density at radius 2 is 2.23 bits per heavy atom. The molecule has 0 unspecified atom stereocenters. The lowest BCUT2D eigenvalue weighted by atomic mass is 9.93. The summed E-state index contributed by atoms with van der Waals surface area (Å²) in [5, 5.41) is 3.42. The van der Waals surface area contributed by atoms with E-state index < -0.39 is 0 Å². The number of rotatable bonds is 5. The van der Waals surface area contributed by atoms with Crippen LogP contribution < -0.4 is 5.32 Å². The minimum atomic E-state index is 0.381. The Labute approximate surface area is 134 Å². The molecule has 5 nitrogen and oxygen atoms in total. The number of hydrogen-bond acceptors (Lipinski definition) is 2. The average molecular weight is 305 g/mol. The van der Waals surface area contributed by atoms with E-state index in [2.05, 4.69) is 60.6 Å². The molecule has 0 bridgehead atoms. The van der Waals surface area contributed by atoms with Crippen LogP contribution in [0.25, 0.3) is 0 Å². The van der Waals surface area contributed by atoms with Gasteiger partial charge in [0, 0.05) is 38.6 Å². The van der Waals surface area contributed by atoms with Crippen LogP contribution in [0.4, 0.5) is 0 Å². The zero-order valence-electron chi connectivity index (χ0n) is 14.8. The van der Waals surface area contributed by atoms with Crippen LogP contribution in [0.3, 0.4) is 0 Å². The van der Waals surface area contributed by atoms with Crippen LogP contribution in [-0.2, 0) is 13.1 Å². The van der Waals surface area contributed by atoms with Crippen molar-refractivity contribution in [1.29, 1.82) is 0 Å². The zero-order valence-corrected chi connectivity index (χ0v) is 14.8. The van der Waals surface area contributed by atoms with E-state index in [1.54, 1.807) is 0 Å². The van der Waals surface area contributed by atoms with E-state index in [0.717, 1.165) is 38.0 Å². The van der Waals surface area contributed by atoms with Gasteiger partial charge >= 0.3 is 0 Å². The first-order valence-electron chi connectivity index (χ1n) is 8.44. The van der Waals surface area contributed by atoms with E-state index in [0.29, 0.717) is 17.9 Å². The van der Waals surface area contributed by atoms with Gasteiger partial charge in [-0.1, -0.05) is 27.7 Å². The van der Waals surface area contributed by atoms with Crippen molar-refractivity contribution >= 4 is 5.96 Å². The highest BCUT2D eigenvalue weighted by Gasteiger charge is 2.30. The first-order valence-corrected chi connectivity index (χ1v) is 8.44. The fraction of sp³-hybridized carbons (Fsp3) is 0.765. The summed E-state index contributed by atoms with van der Waals surface area (Å²) in [4.78, 5) is 11.7. The van der Waals surface area contributed by atoms with Gasteiger partial charge in [-0.3, -0.25) is 0 Å². The number of likely N-dealkylation sites (tertiary alicyclic amines) is 1. The van der Waals surface area contributed by atoms with Crippen LogP contribution in [0.2, 0.25) is 0 Å². The fourth-order valence-corrected chi connectivity index (χ4v) is 2.92. The normalized spacial score (nSPS) is 18.3. The summed E-state index contributed by atoms with van der Waals surface area (Å²) in [6.45, 7) is 15.9. The summed E-state index contributed by atoms with van der Waals surface area (Å²) in [6, 6.07) is 0. The quantitative estimate of drug-likeness (QED) is 0.672. The smallest absolute Gasteiger partial charge is 0.194 e. The van der Waals surface area contributed by atoms with E-state index in [1.807, 2.05) is 6.20 Å². The predicted octanol–water partition coefficient (Wildman–Crippen LogP) is 2.74. The summed E-state index contributed by atoms with van der Waals surface area (Å²) < 4.78 is 2.21. The molecule has 124 valence electrons. The maximum absolute atomic E-state index is 4.82. The number of nitrogens with one attached hydrogen (secondary N) is 1. The van der Waals surface area contributed by atoms with Gasteiger partial charge in [-0.05, 0) is 24.7 Å². The molecule has 1 N–H and O–H groups in total. The number of aromatic nitrogens is 2. The van der Waals surface area contributed by atoms with Crippen molar-refractivity contribution in [2.24, 2.45) is 16.3 Å². The molecule has 0 aromatic carbocycles. The van der Waals surface area contributed by atoms with Crippen LogP contribution >= 0.6 is 0 Å². The highest BCUT2D eigenvalue weighted by atomic mass is 15.3. The summed E-state index contributed by atoms with van der Waals surface area (Å²) >= 11 is 0. The Balaban J connectivity index is 2.06. The van der Waals surface area contributed by atoms with Crippen molar-refractivity contribution in [2.45, 2.75) is 54.1 Å². The Morgan fingerprint density at radius 3 is 2.82 bits per heavy atom. The summed E-state index contributed by atoms with van der Waals surface area (Å²) in [5.74, 6) is 2.68. The van der Waals surface area contributed by atoms with E-state index in [1.165, 1.54) is 6.42 Å². The van der Waals surface area contributed by atoms with Crippen molar-refractivity contribution < 1.29 is 0 Å². The highest BCUT2D eigenvalue weighted by molar-refractivity contribution is 5.80. The van der Waals surface area contributed by atoms with Crippen molar-refractivity contribution in [2.75, 3.05) is 19.6 Å². The van der Waals surface area contributed by atoms with E-state index >= 15 is 0 Å². The second-order valence-electron chi connectivity index (χ2n) is 7.40. The van der Waals surface area contributed by atoms with Gasteiger partial charge in [-0.15, -0.1) is 0 Å². The fourth-order valence-electron chi connectivity index (χ4n) is 2.92. The zero-order chi connectivity index (χ0) is 16.2. The van der Waals surface area contributed by atoms with Crippen LogP contribution in [0, 0.1) is 11.3 Å². The molecule has 1 fully saturated rings. The van der Waals surface area contributed by atoms with Gasteiger partial charge in [0.2, 0.25) is 0 Å². The van der Waals surface area contributed by atoms with E-state index in [4.69, 9.17) is 4.99 Å². The molecule has 0 amide bonds. The third-order valence-corrected chi connectivity index (χ3v) is 4.05. The molecule has 1 aromatic heterocycles. The highest BCUT2D eigenvalue weighted by Crippen LogP contribution is 2.28. The molecule has 2 heterocycles. The summed E-state index contributed by atoms with van der Waals surface area (Å²) in [5.41, 5.74) is 0.381. The third kappa shape index (κ3) is 4.49. The van der Waals surface area contributed by atoms with Crippen LogP contribution in [0.1, 0.15) is 46.9 Å².